The Hall–Kier alpha value is -1.23. The van der Waals surface area contributed by atoms with Gasteiger partial charge in [-0.3, -0.25) is 0 Å². The number of hydrogen-bond acceptors (Lipinski definition) is 8. The van der Waals surface area contributed by atoms with E-state index in [2.05, 4.69) is 32.7 Å². The lowest BCUT2D eigenvalue weighted by atomic mass is 9.41. The predicted octanol–water partition coefficient (Wildman–Crippen LogP) is 5.21. The summed E-state index contributed by atoms with van der Waals surface area (Å²) in [5, 5.41) is 23.9. The Morgan fingerprint density at radius 1 is 1.15 bits per heavy atom. The highest BCUT2D eigenvalue weighted by Crippen LogP contribution is 2.69. The smallest absolute Gasteiger partial charge is 0.421 e. The summed E-state index contributed by atoms with van der Waals surface area (Å²) in [7, 11) is -4.00. The van der Waals surface area contributed by atoms with E-state index in [4.69, 9.17) is 4.74 Å². The number of nitrogens with zero attached hydrogens (tertiary/aromatic N) is 1. The summed E-state index contributed by atoms with van der Waals surface area (Å²) in [5.41, 5.74) is 0.322. The van der Waals surface area contributed by atoms with Crippen LogP contribution in [0, 0.1) is 52.3 Å². The van der Waals surface area contributed by atoms with Gasteiger partial charge in [-0.2, -0.15) is 8.42 Å². The molecular formula is C29H46N2O6S2. The first kappa shape index (κ1) is 29.3. The molecule has 10 heteroatoms. The summed E-state index contributed by atoms with van der Waals surface area (Å²) in [4.78, 5) is 15.9. The number of thiazole rings is 1. The zero-order valence-corrected chi connectivity index (χ0v) is 25.3. The van der Waals surface area contributed by atoms with Gasteiger partial charge in [-0.15, -0.1) is 11.3 Å². The number of nitrogens with one attached hydrogen (secondary N) is 1. The molecule has 220 valence electrons. The molecule has 8 nitrogen and oxygen atoms in total. The Kier molecular flexibility index (Phi) is 8.16. The number of carbonyl (C=O) groups excluding carboxylic acids is 1. The Morgan fingerprint density at radius 2 is 1.87 bits per heavy atom. The number of sulfonamides is 1. The Labute approximate surface area is 237 Å². The molecule has 4 saturated carbocycles. The molecule has 0 aromatic carbocycles. The standard InChI is InChI=1S/C29H46N2O6S2/c1-5-19-23-16-18(32)8-11-29(23,4)22-9-12-28(3)20(6-7-21(28)24(22)25(19)33)17(2)10-14-37-26(34)31-39(35,36)27-30-13-15-38-27/h13,15,17-25,32-33H,5-12,14,16H2,1-4H3,(H,31,34)/t17-,18-,19-,20?,21+,22+,23+,24?,25-,28-,29?/m1/s1. The zero-order valence-electron chi connectivity index (χ0n) is 23.7. The Bertz CT molecular complexity index is 1130. The summed E-state index contributed by atoms with van der Waals surface area (Å²) >= 11 is 0.944. The average Bonchev–Trinajstić information content (AvgIpc) is 3.54. The molecule has 1 heterocycles. The largest absolute Gasteiger partial charge is 0.449 e. The molecule has 4 aliphatic carbocycles. The van der Waals surface area contributed by atoms with Gasteiger partial charge < -0.3 is 14.9 Å². The van der Waals surface area contributed by atoms with E-state index in [9.17, 15) is 23.4 Å². The van der Waals surface area contributed by atoms with Crippen molar-refractivity contribution in [2.24, 2.45) is 52.3 Å². The van der Waals surface area contributed by atoms with Crippen LogP contribution < -0.4 is 4.72 Å². The molecular weight excluding hydrogens is 536 g/mol. The number of ether oxygens (including phenoxy) is 1. The van der Waals surface area contributed by atoms with Crippen LogP contribution >= 0.6 is 11.3 Å². The number of aliphatic hydroxyl groups excluding tert-OH is 2. The lowest BCUT2D eigenvalue weighted by Crippen LogP contribution is -2.62. The molecule has 1 aromatic rings. The second-order valence-electron chi connectivity index (χ2n) is 13.4. The number of amides is 1. The highest BCUT2D eigenvalue weighted by molar-refractivity contribution is 7.92. The van der Waals surface area contributed by atoms with Crippen LogP contribution in [-0.2, 0) is 14.8 Å². The summed E-state index contributed by atoms with van der Waals surface area (Å²) in [5.74, 6) is 2.72. The minimum absolute atomic E-state index is 0.133. The predicted molar refractivity (Wildman–Crippen MR) is 149 cm³/mol. The van der Waals surface area contributed by atoms with Crippen LogP contribution in [0.15, 0.2) is 15.9 Å². The highest BCUT2D eigenvalue weighted by Gasteiger charge is 2.64. The molecule has 39 heavy (non-hydrogen) atoms. The first-order chi connectivity index (χ1) is 18.4. The zero-order chi connectivity index (χ0) is 28.2. The third-order valence-corrected chi connectivity index (χ3v) is 14.3. The molecule has 0 saturated heterocycles. The van der Waals surface area contributed by atoms with Crippen LogP contribution in [0.2, 0.25) is 0 Å². The third-order valence-electron chi connectivity index (χ3n) is 11.8. The lowest BCUT2D eigenvalue weighted by Gasteiger charge is -2.64. The van der Waals surface area contributed by atoms with Gasteiger partial charge in [0.2, 0.25) is 4.34 Å². The average molecular weight is 583 g/mol. The van der Waals surface area contributed by atoms with E-state index in [1.54, 1.807) is 0 Å². The summed E-state index contributed by atoms with van der Waals surface area (Å²) < 4.78 is 31.5. The van der Waals surface area contributed by atoms with E-state index in [0.29, 0.717) is 41.9 Å². The van der Waals surface area contributed by atoms with Crippen LogP contribution in [0.3, 0.4) is 0 Å². The van der Waals surface area contributed by atoms with Crippen LogP contribution in [0.4, 0.5) is 4.79 Å². The van der Waals surface area contributed by atoms with E-state index < -0.39 is 16.1 Å². The maximum absolute atomic E-state index is 12.2. The van der Waals surface area contributed by atoms with Gasteiger partial charge in [-0.25, -0.2) is 14.5 Å². The van der Waals surface area contributed by atoms with Crippen LogP contribution in [0.1, 0.15) is 85.5 Å². The van der Waals surface area contributed by atoms with E-state index in [1.807, 2.05) is 4.72 Å². The van der Waals surface area contributed by atoms with Gasteiger partial charge in [0.05, 0.1) is 18.8 Å². The molecule has 1 aromatic heterocycles. The second-order valence-corrected chi connectivity index (χ2v) is 16.2. The van der Waals surface area contributed by atoms with Crippen LogP contribution in [0.25, 0.3) is 0 Å². The molecule has 0 radical (unpaired) electrons. The molecule has 0 bridgehead atoms. The van der Waals surface area contributed by atoms with Crippen molar-refractivity contribution in [3.8, 4) is 0 Å². The maximum atomic E-state index is 12.2. The van der Waals surface area contributed by atoms with E-state index >= 15 is 0 Å². The maximum Gasteiger partial charge on any atom is 0.421 e. The fraction of sp³-hybridized carbons (Fsp3) is 0.862. The van der Waals surface area contributed by atoms with E-state index in [-0.39, 0.29) is 39.9 Å². The van der Waals surface area contributed by atoms with Crippen LogP contribution in [-0.4, -0.2) is 48.5 Å². The monoisotopic (exact) mass is 582 g/mol. The first-order valence-electron chi connectivity index (χ1n) is 14.9. The minimum Gasteiger partial charge on any atom is -0.449 e. The van der Waals surface area contributed by atoms with Crippen molar-refractivity contribution in [1.29, 1.82) is 0 Å². The summed E-state index contributed by atoms with van der Waals surface area (Å²) in [6, 6.07) is 0. The number of fused-ring (bicyclic) bond motifs is 5. The van der Waals surface area contributed by atoms with Gasteiger partial charge in [-0.1, -0.05) is 34.1 Å². The SMILES string of the molecule is CC[C@H]1[C@@H](O)C2[C@H](CC[C@]3(C)C([C@H](C)CCOC(=O)NS(=O)(=O)c4nccs4)CC[C@@H]23)C2(C)CC[C@@H](O)C[C@@H]12. The van der Waals surface area contributed by atoms with Gasteiger partial charge in [-0.05, 0) is 104 Å². The van der Waals surface area contributed by atoms with Gasteiger partial charge in [0.1, 0.15) is 0 Å². The molecule has 4 aliphatic rings. The Morgan fingerprint density at radius 3 is 2.56 bits per heavy atom. The third kappa shape index (κ3) is 5.06. The fourth-order valence-corrected chi connectivity index (χ4v) is 11.7. The molecule has 1 amide bonds. The van der Waals surface area contributed by atoms with Gasteiger partial charge in [0, 0.05) is 11.6 Å². The number of hydrogen-bond donors (Lipinski definition) is 3. The summed E-state index contributed by atoms with van der Waals surface area (Å²) in [6.07, 6.45) is 8.77. The summed E-state index contributed by atoms with van der Waals surface area (Å²) in [6.45, 7) is 9.49. The van der Waals surface area contributed by atoms with Crippen molar-refractivity contribution < 1.29 is 28.2 Å². The van der Waals surface area contributed by atoms with Gasteiger partial charge in [0.15, 0.2) is 0 Å². The molecule has 0 aliphatic heterocycles. The molecule has 11 atom stereocenters. The minimum atomic E-state index is -4.00. The van der Waals surface area contributed by atoms with E-state index in [0.717, 1.165) is 62.7 Å². The molecule has 3 N–H and O–H groups in total. The van der Waals surface area contributed by atoms with Crippen molar-refractivity contribution >= 4 is 27.5 Å². The topological polar surface area (TPSA) is 126 Å². The fourth-order valence-electron chi connectivity index (χ4n) is 10.00. The second kappa shape index (κ2) is 10.9. The quantitative estimate of drug-likeness (QED) is 0.403. The number of aromatic nitrogens is 1. The van der Waals surface area contributed by atoms with Crippen LogP contribution in [0.5, 0.6) is 0 Å². The normalized spacial score (nSPS) is 42.6. The van der Waals surface area contributed by atoms with Crippen molar-refractivity contribution in [3.63, 3.8) is 0 Å². The molecule has 0 spiro atoms. The molecule has 4 fully saturated rings. The molecule has 5 rings (SSSR count). The number of rotatable bonds is 7. The number of carbonyl (C=O) groups is 1. The Balaban J connectivity index is 1.23. The van der Waals surface area contributed by atoms with Crippen molar-refractivity contribution in [2.45, 2.75) is 102 Å². The molecule has 3 unspecified atom stereocenters. The van der Waals surface area contributed by atoms with Gasteiger partial charge in [0.25, 0.3) is 10.0 Å². The van der Waals surface area contributed by atoms with Crippen molar-refractivity contribution in [2.75, 3.05) is 6.61 Å². The number of aliphatic hydroxyl groups is 2. The lowest BCUT2D eigenvalue weighted by molar-refractivity contribution is -0.203. The van der Waals surface area contributed by atoms with Gasteiger partial charge >= 0.3 is 6.09 Å². The highest BCUT2D eigenvalue weighted by atomic mass is 32.2. The first-order valence-corrected chi connectivity index (χ1v) is 17.2. The van der Waals surface area contributed by atoms with E-state index in [1.165, 1.54) is 11.6 Å². The van der Waals surface area contributed by atoms with Crippen molar-refractivity contribution in [3.05, 3.63) is 11.6 Å². The van der Waals surface area contributed by atoms with Crippen molar-refractivity contribution in [1.82, 2.24) is 9.71 Å².